The molecule has 1 heterocycles. The minimum atomic E-state index is -1.16. The van der Waals surface area contributed by atoms with Crippen LogP contribution in [0.5, 0.6) is 0 Å². The van der Waals surface area contributed by atoms with Crippen molar-refractivity contribution in [2.75, 3.05) is 7.11 Å². The molecule has 1 aliphatic rings. The van der Waals surface area contributed by atoms with E-state index in [1.54, 1.807) is 0 Å². The molecule has 0 fully saturated rings. The first-order valence-corrected chi connectivity index (χ1v) is 6.50. The van der Waals surface area contributed by atoms with E-state index in [9.17, 15) is 23.6 Å². The number of ether oxygens (including phenoxy) is 1. The second-order valence-corrected chi connectivity index (χ2v) is 4.82. The zero-order chi connectivity index (χ0) is 16.7. The van der Waals surface area contributed by atoms with Crippen LogP contribution in [0.3, 0.4) is 0 Å². The summed E-state index contributed by atoms with van der Waals surface area (Å²) >= 11 is 0. The largest absolute Gasteiger partial charge is 0.618 e. The number of Topliss-reactive ketones (excluding diaryl/α,β-unsaturated/α-hetero) is 1. The Labute approximate surface area is 129 Å². The summed E-state index contributed by atoms with van der Waals surface area (Å²) < 4.78 is 31.2. The standard InChI is InChI=1S/C16H9F2NO4/c1-23-16(21)9-2-4-10-13(7-9)19(22)14(15(10)20)8-3-5-11(17)12(18)6-8/h2-7H,1H3. The van der Waals surface area contributed by atoms with Crippen molar-refractivity contribution in [2.45, 2.75) is 0 Å². The lowest BCUT2D eigenvalue weighted by Crippen LogP contribution is -2.17. The minimum Gasteiger partial charge on any atom is -0.618 e. The molecule has 0 saturated heterocycles. The number of methoxy groups -OCH3 is 1. The molecule has 0 aliphatic carbocycles. The Balaban J connectivity index is 2.15. The van der Waals surface area contributed by atoms with Crippen LogP contribution in [0.2, 0.25) is 0 Å². The van der Waals surface area contributed by atoms with Gasteiger partial charge in [-0.15, -0.1) is 0 Å². The fourth-order valence-electron chi connectivity index (χ4n) is 2.37. The van der Waals surface area contributed by atoms with Crippen molar-refractivity contribution in [2.24, 2.45) is 0 Å². The highest BCUT2D eigenvalue weighted by atomic mass is 19.2. The predicted molar refractivity (Wildman–Crippen MR) is 75.9 cm³/mol. The number of ketones is 1. The maximum absolute atomic E-state index is 13.4. The second-order valence-electron chi connectivity index (χ2n) is 4.82. The molecule has 23 heavy (non-hydrogen) atoms. The van der Waals surface area contributed by atoms with Crippen molar-refractivity contribution in [3.63, 3.8) is 0 Å². The molecule has 7 heteroatoms. The number of rotatable bonds is 2. The summed E-state index contributed by atoms with van der Waals surface area (Å²) in [6, 6.07) is 6.65. The van der Waals surface area contributed by atoms with Gasteiger partial charge < -0.3 is 9.94 Å². The number of hydrogen-bond acceptors (Lipinski definition) is 4. The van der Waals surface area contributed by atoms with E-state index in [1.165, 1.54) is 25.3 Å². The van der Waals surface area contributed by atoms with Gasteiger partial charge in [-0.1, -0.05) is 0 Å². The Morgan fingerprint density at radius 1 is 1.13 bits per heavy atom. The van der Waals surface area contributed by atoms with Crippen LogP contribution in [-0.2, 0) is 4.74 Å². The van der Waals surface area contributed by atoms with E-state index in [0.29, 0.717) is 4.74 Å². The first-order chi connectivity index (χ1) is 10.9. The fourth-order valence-corrected chi connectivity index (χ4v) is 2.37. The first-order valence-electron chi connectivity index (χ1n) is 6.50. The van der Waals surface area contributed by atoms with Crippen molar-refractivity contribution in [1.82, 2.24) is 0 Å². The van der Waals surface area contributed by atoms with Crippen molar-refractivity contribution < 1.29 is 27.8 Å². The van der Waals surface area contributed by atoms with E-state index in [2.05, 4.69) is 4.74 Å². The second kappa shape index (κ2) is 5.28. The molecule has 0 radical (unpaired) electrons. The van der Waals surface area contributed by atoms with Gasteiger partial charge in [-0.05, 0) is 30.3 Å². The highest BCUT2D eigenvalue weighted by Crippen LogP contribution is 2.29. The van der Waals surface area contributed by atoms with Gasteiger partial charge >= 0.3 is 5.97 Å². The van der Waals surface area contributed by atoms with Gasteiger partial charge in [0.1, 0.15) is 5.56 Å². The summed E-state index contributed by atoms with van der Waals surface area (Å²) in [5.41, 5.74) is -0.239. The average Bonchev–Trinajstić information content (AvgIpc) is 2.80. The monoisotopic (exact) mass is 317 g/mol. The molecule has 2 aromatic rings. The van der Waals surface area contributed by atoms with Crippen LogP contribution in [0.4, 0.5) is 14.5 Å². The number of nitrogens with zero attached hydrogens (tertiary/aromatic N) is 1. The Kier molecular flexibility index (Phi) is 3.40. The normalized spacial score (nSPS) is 13.3. The molecule has 0 saturated carbocycles. The van der Waals surface area contributed by atoms with Gasteiger partial charge in [0, 0.05) is 6.07 Å². The molecule has 2 aromatic carbocycles. The lowest BCUT2D eigenvalue weighted by molar-refractivity contribution is -0.355. The van der Waals surface area contributed by atoms with Crippen LogP contribution in [0.25, 0.3) is 0 Å². The molecule has 116 valence electrons. The molecule has 3 rings (SSSR count). The zero-order valence-corrected chi connectivity index (χ0v) is 11.8. The molecule has 0 aromatic heterocycles. The Hall–Kier alpha value is -3.09. The van der Waals surface area contributed by atoms with E-state index in [4.69, 9.17) is 0 Å². The number of halogens is 2. The van der Waals surface area contributed by atoms with E-state index in [1.807, 2.05) is 0 Å². The molecule has 1 aliphatic heterocycles. The highest BCUT2D eigenvalue weighted by molar-refractivity contribution is 6.52. The minimum absolute atomic E-state index is 0.0419. The van der Waals surface area contributed by atoms with Gasteiger partial charge in [0.15, 0.2) is 11.6 Å². The number of carbonyl (C=O) groups is 2. The van der Waals surface area contributed by atoms with Crippen molar-refractivity contribution in [3.05, 3.63) is 69.9 Å². The van der Waals surface area contributed by atoms with Gasteiger partial charge in [0.25, 0.3) is 11.5 Å². The van der Waals surface area contributed by atoms with Crippen LogP contribution in [-0.4, -0.2) is 29.3 Å². The molecule has 0 atom stereocenters. The first kappa shape index (κ1) is 14.8. The Morgan fingerprint density at radius 3 is 2.52 bits per heavy atom. The predicted octanol–water partition coefficient (Wildman–Crippen LogP) is 2.58. The van der Waals surface area contributed by atoms with Crippen LogP contribution in [0.1, 0.15) is 26.3 Å². The van der Waals surface area contributed by atoms with E-state index in [-0.39, 0.29) is 28.1 Å². The van der Waals surface area contributed by atoms with Crippen LogP contribution < -0.4 is 0 Å². The van der Waals surface area contributed by atoms with E-state index in [0.717, 1.165) is 18.2 Å². The van der Waals surface area contributed by atoms with Crippen molar-refractivity contribution >= 4 is 23.2 Å². The molecule has 0 unspecified atom stereocenters. The van der Waals surface area contributed by atoms with Crippen LogP contribution in [0.15, 0.2) is 36.4 Å². The van der Waals surface area contributed by atoms with Gasteiger partial charge in [-0.25, -0.2) is 13.6 Å². The van der Waals surface area contributed by atoms with E-state index >= 15 is 0 Å². The number of fused-ring (bicyclic) bond motifs is 1. The summed E-state index contributed by atoms with van der Waals surface area (Å²) in [5.74, 6) is -3.53. The van der Waals surface area contributed by atoms with Crippen molar-refractivity contribution in [1.29, 1.82) is 0 Å². The lowest BCUT2D eigenvalue weighted by Gasteiger charge is -2.03. The lowest BCUT2D eigenvalue weighted by atomic mass is 10.0. The molecular weight excluding hydrogens is 308 g/mol. The third-order valence-corrected chi connectivity index (χ3v) is 3.49. The number of hydrogen-bond donors (Lipinski definition) is 0. The fraction of sp³-hybridized carbons (Fsp3) is 0.0625. The van der Waals surface area contributed by atoms with Crippen LogP contribution >= 0.6 is 0 Å². The highest BCUT2D eigenvalue weighted by Gasteiger charge is 2.37. The zero-order valence-electron chi connectivity index (χ0n) is 11.8. The summed E-state index contributed by atoms with van der Waals surface area (Å²) in [5, 5.41) is 12.4. The average molecular weight is 317 g/mol. The molecule has 0 bridgehead atoms. The number of esters is 1. The SMILES string of the molecule is COC(=O)c1ccc2c(c1)[N+]([O-])=C(c1ccc(F)c(F)c1)C2=O. The molecule has 5 nitrogen and oxygen atoms in total. The Morgan fingerprint density at radius 2 is 1.87 bits per heavy atom. The van der Waals surface area contributed by atoms with Gasteiger partial charge in [0.2, 0.25) is 5.69 Å². The third kappa shape index (κ3) is 2.26. The Bertz CT molecular complexity index is 890. The van der Waals surface area contributed by atoms with E-state index < -0.39 is 23.4 Å². The summed E-state index contributed by atoms with van der Waals surface area (Å²) in [6.45, 7) is 0. The van der Waals surface area contributed by atoms with Gasteiger partial charge in [0.05, 0.1) is 18.2 Å². The van der Waals surface area contributed by atoms with Crippen molar-refractivity contribution in [3.8, 4) is 0 Å². The summed E-state index contributed by atoms with van der Waals surface area (Å²) in [7, 11) is 1.19. The smallest absolute Gasteiger partial charge is 0.338 e. The third-order valence-electron chi connectivity index (χ3n) is 3.49. The molecule has 0 spiro atoms. The number of carbonyl (C=O) groups excluding carboxylic acids is 2. The van der Waals surface area contributed by atoms with Gasteiger partial charge in [-0.3, -0.25) is 4.79 Å². The number of benzene rings is 2. The molecule has 0 amide bonds. The molecule has 0 N–H and O–H groups in total. The topological polar surface area (TPSA) is 69.4 Å². The summed E-state index contributed by atoms with van der Waals surface area (Å²) in [4.78, 5) is 23.9. The quantitative estimate of drug-likeness (QED) is 0.485. The van der Waals surface area contributed by atoms with Gasteiger partial charge in [-0.2, -0.15) is 4.74 Å². The maximum atomic E-state index is 13.4. The van der Waals surface area contributed by atoms with Crippen LogP contribution in [0, 0.1) is 16.8 Å². The molecular formula is C16H9F2NO4. The maximum Gasteiger partial charge on any atom is 0.338 e. The summed E-state index contributed by atoms with van der Waals surface area (Å²) in [6.07, 6.45) is 0.